The van der Waals surface area contributed by atoms with E-state index in [1.807, 2.05) is 26.0 Å². The molecular weight excluding hydrogens is 200 g/mol. The lowest BCUT2D eigenvalue weighted by molar-refractivity contribution is -0.121. The number of carbonyl (C=O) groups is 1. The van der Waals surface area contributed by atoms with Crippen LogP contribution in [0, 0.1) is 0 Å². The van der Waals surface area contributed by atoms with Gasteiger partial charge in [-0.3, -0.25) is 0 Å². The second kappa shape index (κ2) is 5.13. The monoisotopic (exact) mass is 212 g/mol. The first-order chi connectivity index (χ1) is 6.65. The number of hydrogen-bond donors (Lipinski definition) is 0. The SMILES string of the molecule is CC(C)OC(C=O)c1ccccc1Cl. The minimum absolute atomic E-state index is 0.00136. The van der Waals surface area contributed by atoms with Gasteiger partial charge in [-0.1, -0.05) is 29.8 Å². The van der Waals surface area contributed by atoms with Crippen LogP contribution >= 0.6 is 11.6 Å². The number of halogens is 1. The first-order valence-electron chi connectivity index (χ1n) is 4.50. The van der Waals surface area contributed by atoms with Crippen molar-refractivity contribution in [3.63, 3.8) is 0 Å². The lowest BCUT2D eigenvalue weighted by atomic mass is 10.1. The maximum atomic E-state index is 10.8. The van der Waals surface area contributed by atoms with Gasteiger partial charge in [0.15, 0.2) is 6.29 Å². The number of aldehydes is 1. The van der Waals surface area contributed by atoms with E-state index in [4.69, 9.17) is 16.3 Å². The van der Waals surface area contributed by atoms with E-state index >= 15 is 0 Å². The highest BCUT2D eigenvalue weighted by molar-refractivity contribution is 6.31. The van der Waals surface area contributed by atoms with Gasteiger partial charge in [0.1, 0.15) is 6.10 Å². The summed E-state index contributed by atoms with van der Waals surface area (Å²) in [6.07, 6.45) is 0.200. The van der Waals surface area contributed by atoms with Crippen molar-refractivity contribution >= 4 is 17.9 Å². The van der Waals surface area contributed by atoms with Gasteiger partial charge >= 0.3 is 0 Å². The van der Waals surface area contributed by atoms with Crippen LogP contribution < -0.4 is 0 Å². The van der Waals surface area contributed by atoms with Crippen molar-refractivity contribution in [2.45, 2.75) is 26.1 Å². The molecule has 0 aromatic heterocycles. The summed E-state index contributed by atoms with van der Waals surface area (Å²) in [6, 6.07) is 7.20. The summed E-state index contributed by atoms with van der Waals surface area (Å²) < 4.78 is 5.41. The molecule has 0 saturated heterocycles. The van der Waals surface area contributed by atoms with Crippen molar-refractivity contribution in [3.8, 4) is 0 Å². The molecule has 0 amide bonds. The van der Waals surface area contributed by atoms with E-state index in [9.17, 15) is 4.79 Å². The summed E-state index contributed by atoms with van der Waals surface area (Å²) >= 11 is 5.94. The van der Waals surface area contributed by atoms with Crippen LogP contribution in [0.3, 0.4) is 0 Å². The smallest absolute Gasteiger partial charge is 0.153 e. The number of hydrogen-bond acceptors (Lipinski definition) is 2. The van der Waals surface area contributed by atoms with Gasteiger partial charge in [0.25, 0.3) is 0 Å². The molecule has 1 rings (SSSR count). The standard InChI is InChI=1S/C11H13ClO2/c1-8(2)14-11(7-13)9-5-3-4-6-10(9)12/h3-8,11H,1-2H3. The molecule has 0 fully saturated rings. The topological polar surface area (TPSA) is 26.3 Å². The lowest BCUT2D eigenvalue weighted by Crippen LogP contribution is -2.12. The molecule has 2 nitrogen and oxygen atoms in total. The van der Waals surface area contributed by atoms with Crippen molar-refractivity contribution in [2.75, 3.05) is 0 Å². The molecule has 0 spiro atoms. The van der Waals surface area contributed by atoms with Gasteiger partial charge in [-0.25, -0.2) is 0 Å². The summed E-state index contributed by atoms with van der Waals surface area (Å²) in [5, 5.41) is 0.560. The highest BCUT2D eigenvalue weighted by Gasteiger charge is 2.14. The molecule has 0 heterocycles. The molecule has 3 heteroatoms. The zero-order chi connectivity index (χ0) is 10.6. The average molecular weight is 213 g/mol. The Labute approximate surface area is 88.8 Å². The summed E-state index contributed by atoms with van der Waals surface area (Å²) in [5.41, 5.74) is 0.720. The van der Waals surface area contributed by atoms with Crippen LogP contribution in [0.2, 0.25) is 5.02 Å². The van der Waals surface area contributed by atoms with Gasteiger partial charge < -0.3 is 9.53 Å². The quantitative estimate of drug-likeness (QED) is 0.718. The largest absolute Gasteiger partial charge is 0.363 e. The second-order valence-corrected chi connectivity index (χ2v) is 3.67. The fourth-order valence-electron chi connectivity index (χ4n) is 1.18. The predicted octanol–water partition coefficient (Wildman–Crippen LogP) is 3.01. The summed E-state index contributed by atoms with van der Waals surface area (Å²) in [7, 11) is 0. The fraction of sp³-hybridized carbons (Fsp3) is 0.364. The maximum Gasteiger partial charge on any atom is 0.153 e. The van der Waals surface area contributed by atoms with E-state index in [2.05, 4.69) is 0 Å². The van der Waals surface area contributed by atoms with Gasteiger partial charge in [-0.05, 0) is 19.9 Å². The molecule has 0 radical (unpaired) electrons. The molecule has 0 bridgehead atoms. The highest BCUT2D eigenvalue weighted by Crippen LogP contribution is 2.24. The number of ether oxygens (including phenoxy) is 1. The number of rotatable bonds is 4. The Morgan fingerprint density at radius 1 is 1.36 bits per heavy atom. The molecule has 1 atom stereocenters. The third-order valence-corrected chi connectivity index (χ3v) is 2.10. The Bertz CT molecular complexity index is 310. The molecule has 0 aliphatic rings. The summed E-state index contributed by atoms with van der Waals surface area (Å²) in [5.74, 6) is 0. The van der Waals surface area contributed by atoms with Crippen molar-refractivity contribution in [2.24, 2.45) is 0 Å². The van der Waals surface area contributed by atoms with Crippen molar-refractivity contribution < 1.29 is 9.53 Å². The fourth-order valence-corrected chi connectivity index (χ4v) is 1.42. The van der Waals surface area contributed by atoms with Crippen molar-refractivity contribution in [1.29, 1.82) is 0 Å². The molecule has 1 unspecified atom stereocenters. The molecule has 0 aliphatic heterocycles. The Kier molecular flexibility index (Phi) is 4.11. The summed E-state index contributed by atoms with van der Waals surface area (Å²) in [4.78, 5) is 10.8. The Morgan fingerprint density at radius 3 is 2.50 bits per heavy atom. The Hall–Kier alpha value is -0.860. The lowest BCUT2D eigenvalue weighted by Gasteiger charge is -2.16. The highest BCUT2D eigenvalue weighted by atomic mass is 35.5. The van der Waals surface area contributed by atoms with Gasteiger partial charge in [0.05, 0.1) is 6.10 Å². The zero-order valence-electron chi connectivity index (χ0n) is 8.24. The van der Waals surface area contributed by atoms with E-state index in [0.717, 1.165) is 11.8 Å². The molecule has 14 heavy (non-hydrogen) atoms. The van der Waals surface area contributed by atoms with E-state index in [0.29, 0.717) is 5.02 Å². The second-order valence-electron chi connectivity index (χ2n) is 3.26. The molecule has 0 N–H and O–H groups in total. The first kappa shape index (κ1) is 11.2. The van der Waals surface area contributed by atoms with Crippen LogP contribution in [0.15, 0.2) is 24.3 Å². The van der Waals surface area contributed by atoms with Crippen LogP contribution in [0.1, 0.15) is 25.5 Å². The number of benzene rings is 1. The van der Waals surface area contributed by atoms with Crippen LogP contribution in [-0.4, -0.2) is 12.4 Å². The van der Waals surface area contributed by atoms with Gasteiger partial charge in [0.2, 0.25) is 0 Å². The molecule has 0 aliphatic carbocycles. The number of carbonyl (C=O) groups excluding carboxylic acids is 1. The van der Waals surface area contributed by atoms with Gasteiger partial charge in [0, 0.05) is 10.6 Å². The third-order valence-electron chi connectivity index (χ3n) is 1.75. The minimum Gasteiger partial charge on any atom is -0.363 e. The van der Waals surface area contributed by atoms with Crippen LogP contribution in [-0.2, 0) is 9.53 Å². The van der Waals surface area contributed by atoms with Gasteiger partial charge in [-0.2, -0.15) is 0 Å². The zero-order valence-corrected chi connectivity index (χ0v) is 8.99. The first-order valence-corrected chi connectivity index (χ1v) is 4.88. The predicted molar refractivity (Wildman–Crippen MR) is 56.5 cm³/mol. The van der Waals surface area contributed by atoms with E-state index in [1.54, 1.807) is 12.1 Å². The van der Waals surface area contributed by atoms with Gasteiger partial charge in [-0.15, -0.1) is 0 Å². The normalized spacial score (nSPS) is 12.9. The Morgan fingerprint density at radius 2 is 2.00 bits per heavy atom. The van der Waals surface area contributed by atoms with Crippen LogP contribution in [0.5, 0.6) is 0 Å². The van der Waals surface area contributed by atoms with E-state index < -0.39 is 6.10 Å². The molecule has 1 aromatic carbocycles. The average Bonchev–Trinajstić information content (AvgIpc) is 2.15. The molecule has 1 aromatic rings. The third kappa shape index (κ3) is 2.82. The van der Waals surface area contributed by atoms with Crippen molar-refractivity contribution in [1.82, 2.24) is 0 Å². The summed E-state index contributed by atoms with van der Waals surface area (Å²) in [6.45, 7) is 3.76. The van der Waals surface area contributed by atoms with E-state index in [1.165, 1.54) is 0 Å². The molecular formula is C11H13ClO2. The maximum absolute atomic E-state index is 10.8. The molecule has 76 valence electrons. The molecule has 0 saturated carbocycles. The van der Waals surface area contributed by atoms with E-state index in [-0.39, 0.29) is 6.10 Å². The van der Waals surface area contributed by atoms with Crippen LogP contribution in [0.25, 0.3) is 0 Å². The van der Waals surface area contributed by atoms with Crippen molar-refractivity contribution in [3.05, 3.63) is 34.9 Å². The Balaban J connectivity index is 2.89. The minimum atomic E-state index is -0.566. The van der Waals surface area contributed by atoms with Crippen LogP contribution in [0.4, 0.5) is 0 Å².